The Balaban J connectivity index is 2.27. The van der Waals surface area contributed by atoms with Crippen LogP contribution in [0.4, 0.5) is 0 Å². The van der Waals surface area contributed by atoms with Crippen molar-refractivity contribution in [2.45, 2.75) is 17.9 Å². The second kappa shape index (κ2) is 3.42. The van der Waals surface area contributed by atoms with Crippen LogP contribution in [0.1, 0.15) is 19.4 Å². The molecule has 1 unspecified atom stereocenters. The highest BCUT2D eigenvalue weighted by Crippen LogP contribution is 2.49. The molecule has 70 valence electrons. The maximum Gasteiger partial charge on any atom is 0.0957 e. The van der Waals surface area contributed by atoms with Crippen molar-refractivity contribution in [1.29, 1.82) is 0 Å². The number of hydrogen-bond donors (Lipinski definition) is 0. The molecular weight excluding hydrogens is 202 g/mol. The molecule has 0 aliphatic carbocycles. The Morgan fingerprint density at radius 1 is 1.62 bits per heavy atom. The number of aliphatic imine (C=N–C) groups is 1. The SMILES string of the molecule is CC1=NCSC(C)(c2ccoc2)S1. The van der Waals surface area contributed by atoms with Crippen molar-refractivity contribution in [3.8, 4) is 0 Å². The summed E-state index contributed by atoms with van der Waals surface area (Å²) in [4.78, 5) is 4.35. The lowest BCUT2D eigenvalue weighted by Crippen LogP contribution is -2.17. The van der Waals surface area contributed by atoms with Crippen LogP contribution in [-0.4, -0.2) is 10.9 Å². The van der Waals surface area contributed by atoms with Crippen molar-refractivity contribution in [3.63, 3.8) is 0 Å². The topological polar surface area (TPSA) is 25.5 Å². The van der Waals surface area contributed by atoms with Crippen molar-refractivity contribution < 1.29 is 4.42 Å². The van der Waals surface area contributed by atoms with Gasteiger partial charge in [0, 0.05) is 5.56 Å². The number of furan rings is 1. The first-order valence-corrected chi connectivity index (χ1v) is 5.88. The fraction of sp³-hybridized carbons (Fsp3) is 0.444. The molecule has 1 atom stereocenters. The Morgan fingerprint density at radius 3 is 3.08 bits per heavy atom. The minimum atomic E-state index is 0.0822. The van der Waals surface area contributed by atoms with Gasteiger partial charge in [-0.05, 0) is 19.9 Å². The van der Waals surface area contributed by atoms with Gasteiger partial charge >= 0.3 is 0 Å². The van der Waals surface area contributed by atoms with E-state index in [-0.39, 0.29) is 4.08 Å². The van der Waals surface area contributed by atoms with Crippen molar-refractivity contribution in [3.05, 3.63) is 24.2 Å². The van der Waals surface area contributed by atoms with Gasteiger partial charge < -0.3 is 4.42 Å². The summed E-state index contributed by atoms with van der Waals surface area (Å²) >= 11 is 3.64. The zero-order chi connectivity index (χ0) is 9.31. The molecule has 0 radical (unpaired) electrons. The molecule has 0 N–H and O–H groups in total. The van der Waals surface area contributed by atoms with E-state index in [1.165, 1.54) is 5.56 Å². The molecule has 2 rings (SSSR count). The van der Waals surface area contributed by atoms with Crippen LogP contribution in [0.15, 0.2) is 28.0 Å². The lowest BCUT2D eigenvalue weighted by Gasteiger charge is -2.29. The van der Waals surface area contributed by atoms with Gasteiger partial charge in [0.15, 0.2) is 0 Å². The van der Waals surface area contributed by atoms with Gasteiger partial charge in [-0.25, -0.2) is 0 Å². The zero-order valence-electron chi connectivity index (χ0n) is 7.61. The molecular formula is C9H11NOS2. The molecule has 2 nitrogen and oxygen atoms in total. The first-order chi connectivity index (χ1) is 6.21. The van der Waals surface area contributed by atoms with Crippen LogP contribution >= 0.6 is 23.5 Å². The summed E-state index contributed by atoms with van der Waals surface area (Å²) in [5.41, 5.74) is 1.23. The third kappa shape index (κ3) is 1.79. The quantitative estimate of drug-likeness (QED) is 0.715. The molecule has 1 aromatic heterocycles. The van der Waals surface area contributed by atoms with Crippen LogP contribution in [0.5, 0.6) is 0 Å². The van der Waals surface area contributed by atoms with E-state index in [0.717, 1.165) is 10.9 Å². The number of thioether (sulfide) groups is 2. The average molecular weight is 213 g/mol. The van der Waals surface area contributed by atoms with E-state index >= 15 is 0 Å². The predicted octanol–water partition coefficient (Wildman–Crippen LogP) is 3.31. The normalized spacial score (nSPS) is 28.6. The zero-order valence-corrected chi connectivity index (χ0v) is 9.24. The Kier molecular flexibility index (Phi) is 2.43. The third-order valence-electron chi connectivity index (χ3n) is 2.02. The van der Waals surface area contributed by atoms with Crippen LogP contribution in [-0.2, 0) is 4.08 Å². The summed E-state index contributed by atoms with van der Waals surface area (Å²) in [6, 6.07) is 2.03. The smallest absolute Gasteiger partial charge is 0.0957 e. The summed E-state index contributed by atoms with van der Waals surface area (Å²) in [7, 11) is 0. The Bertz CT molecular complexity index is 320. The predicted molar refractivity (Wildman–Crippen MR) is 59.2 cm³/mol. The van der Waals surface area contributed by atoms with E-state index < -0.39 is 0 Å². The highest BCUT2D eigenvalue weighted by Gasteiger charge is 2.32. The molecule has 1 aliphatic heterocycles. The minimum Gasteiger partial charge on any atom is -0.472 e. The lowest BCUT2D eigenvalue weighted by atomic mass is 10.2. The van der Waals surface area contributed by atoms with Crippen molar-refractivity contribution in [1.82, 2.24) is 0 Å². The van der Waals surface area contributed by atoms with Crippen molar-refractivity contribution in [2.24, 2.45) is 4.99 Å². The molecule has 2 heterocycles. The number of rotatable bonds is 1. The van der Waals surface area contributed by atoms with E-state index in [2.05, 4.69) is 18.8 Å². The van der Waals surface area contributed by atoms with Gasteiger partial charge in [-0.2, -0.15) is 0 Å². The standard InChI is InChI=1S/C9H11NOS2/c1-7-10-6-12-9(2,13-7)8-3-4-11-5-8/h3-5H,6H2,1-2H3. The first-order valence-electron chi connectivity index (χ1n) is 4.07. The van der Waals surface area contributed by atoms with Gasteiger partial charge in [-0.3, -0.25) is 4.99 Å². The van der Waals surface area contributed by atoms with Crippen LogP contribution in [0.2, 0.25) is 0 Å². The van der Waals surface area contributed by atoms with Crippen LogP contribution < -0.4 is 0 Å². The van der Waals surface area contributed by atoms with Gasteiger partial charge in [0.05, 0.1) is 27.5 Å². The van der Waals surface area contributed by atoms with E-state index in [0.29, 0.717) is 0 Å². The summed E-state index contributed by atoms with van der Waals surface area (Å²) in [6.45, 7) is 4.27. The highest BCUT2D eigenvalue weighted by atomic mass is 32.2. The van der Waals surface area contributed by atoms with Gasteiger partial charge in [-0.1, -0.05) is 11.8 Å². The van der Waals surface area contributed by atoms with Gasteiger partial charge in [0.1, 0.15) is 0 Å². The number of nitrogens with zero attached hydrogens (tertiary/aromatic N) is 1. The minimum absolute atomic E-state index is 0.0822. The van der Waals surface area contributed by atoms with Crippen molar-refractivity contribution >= 4 is 28.6 Å². The summed E-state index contributed by atoms with van der Waals surface area (Å²) < 4.78 is 5.18. The monoisotopic (exact) mass is 213 g/mol. The molecule has 1 aliphatic rings. The Morgan fingerprint density at radius 2 is 2.46 bits per heavy atom. The lowest BCUT2D eigenvalue weighted by molar-refractivity contribution is 0.563. The fourth-order valence-corrected chi connectivity index (χ4v) is 3.81. The second-order valence-electron chi connectivity index (χ2n) is 3.01. The summed E-state index contributed by atoms with van der Waals surface area (Å²) in [5.74, 6) is 0.848. The molecule has 0 bridgehead atoms. The Hall–Kier alpha value is -0.350. The molecule has 0 fully saturated rings. The third-order valence-corrected chi connectivity index (χ3v) is 4.71. The maximum atomic E-state index is 5.10. The van der Waals surface area contributed by atoms with Crippen molar-refractivity contribution in [2.75, 3.05) is 5.88 Å². The summed E-state index contributed by atoms with van der Waals surface area (Å²) in [5, 5.41) is 1.16. The van der Waals surface area contributed by atoms with Crippen LogP contribution in [0.3, 0.4) is 0 Å². The van der Waals surface area contributed by atoms with Gasteiger partial charge in [0.25, 0.3) is 0 Å². The van der Waals surface area contributed by atoms with E-state index in [4.69, 9.17) is 4.42 Å². The van der Waals surface area contributed by atoms with E-state index in [1.807, 2.05) is 24.1 Å². The van der Waals surface area contributed by atoms with Crippen LogP contribution in [0.25, 0.3) is 0 Å². The molecule has 1 aromatic rings. The molecule has 0 amide bonds. The molecule has 0 saturated carbocycles. The van der Waals surface area contributed by atoms with Gasteiger partial charge in [-0.15, -0.1) is 11.8 Å². The average Bonchev–Trinajstić information content (AvgIpc) is 2.55. The maximum absolute atomic E-state index is 5.10. The first kappa shape index (κ1) is 9.21. The van der Waals surface area contributed by atoms with Gasteiger partial charge in [0.2, 0.25) is 0 Å². The molecule has 13 heavy (non-hydrogen) atoms. The largest absolute Gasteiger partial charge is 0.472 e. The summed E-state index contributed by atoms with van der Waals surface area (Å²) in [6.07, 6.45) is 3.54. The number of hydrogen-bond acceptors (Lipinski definition) is 4. The van der Waals surface area contributed by atoms with E-state index in [9.17, 15) is 0 Å². The fourth-order valence-electron chi connectivity index (χ4n) is 1.26. The molecule has 0 spiro atoms. The second-order valence-corrected chi connectivity index (χ2v) is 6.24. The van der Waals surface area contributed by atoms with E-state index in [1.54, 1.807) is 18.0 Å². The van der Waals surface area contributed by atoms with Crippen LogP contribution in [0, 0.1) is 0 Å². The highest BCUT2D eigenvalue weighted by molar-refractivity contribution is 8.25. The molecule has 0 aromatic carbocycles. The Labute approximate surface area is 86.2 Å². The molecule has 0 saturated heterocycles. The molecule has 4 heteroatoms.